The molecule has 2 rings (SSSR count). The topological polar surface area (TPSA) is 48.0 Å². The second kappa shape index (κ2) is 4.87. The normalized spacial score (nSPS) is 10.8. The van der Waals surface area contributed by atoms with Gasteiger partial charge >= 0.3 is 0 Å². The van der Waals surface area contributed by atoms with Crippen LogP contribution in [-0.2, 0) is 13.0 Å². The van der Waals surface area contributed by atoms with E-state index in [2.05, 4.69) is 21.0 Å². The molecule has 4 nitrogen and oxygen atoms in total. The molecule has 0 unspecified atom stereocenters. The summed E-state index contributed by atoms with van der Waals surface area (Å²) in [6.45, 7) is 4.66. The maximum Gasteiger partial charge on any atom is 0.203 e. The lowest BCUT2D eigenvalue weighted by Crippen LogP contribution is -2.09. The fourth-order valence-electron chi connectivity index (χ4n) is 1.71. The standard InChI is InChI=1S/C12H13BrN2O2/c1-3-15-9(12(13)8(2)14-15)7-10(16)11-5-4-6-17-11/h4-6H,3,7H2,1-2H3. The Labute approximate surface area is 108 Å². The fourth-order valence-corrected chi connectivity index (χ4v) is 2.14. The predicted molar refractivity (Wildman–Crippen MR) is 67.1 cm³/mol. The molecule has 0 fully saturated rings. The zero-order valence-corrected chi connectivity index (χ0v) is 11.3. The van der Waals surface area contributed by atoms with Gasteiger partial charge in [0, 0.05) is 6.54 Å². The molecule has 0 radical (unpaired) electrons. The smallest absolute Gasteiger partial charge is 0.203 e. The van der Waals surface area contributed by atoms with Crippen molar-refractivity contribution in [1.29, 1.82) is 0 Å². The Morgan fingerprint density at radius 3 is 2.94 bits per heavy atom. The van der Waals surface area contributed by atoms with E-state index in [4.69, 9.17) is 4.42 Å². The first-order valence-electron chi connectivity index (χ1n) is 5.42. The number of aromatic nitrogens is 2. The Hall–Kier alpha value is -1.36. The SMILES string of the molecule is CCn1nc(C)c(Br)c1CC(=O)c1ccco1. The molecule has 2 aromatic heterocycles. The van der Waals surface area contributed by atoms with Crippen molar-refractivity contribution in [2.45, 2.75) is 26.8 Å². The highest BCUT2D eigenvalue weighted by molar-refractivity contribution is 9.10. The van der Waals surface area contributed by atoms with Gasteiger partial charge in [0.1, 0.15) is 0 Å². The van der Waals surface area contributed by atoms with Crippen LogP contribution in [0.2, 0.25) is 0 Å². The van der Waals surface area contributed by atoms with Crippen molar-refractivity contribution in [2.75, 3.05) is 0 Å². The van der Waals surface area contributed by atoms with Crippen molar-refractivity contribution in [2.24, 2.45) is 0 Å². The summed E-state index contributed by atoms with van der Waals surface area (Å²) in [7, 11) is 0. The van der Waals surface area contributed by atoms with Crippen molar-refractivity contribution in [3.63, 3.8) is 0 Å². The molecule has 5 heteroatoms. The lowest BCUT2D eigenvalue weighted by molar-refractivity contribution is 0.0963. The lowest BCUT2D eigenvalue weighted by atomic mass is 10.1. The maximum atomic E-state index is 11.9. The van der Waals surface area contributed by atoms with Crippen LogP contribution < -0.4 is 0 Å². The molecule has 0 aliphatic heterocycles. The zero-order valence-electron chi connectivity index (χ0n) is 9.74. The Morgan fingerprint density at radius 1 is 1.59 bits per heavy atom. The molecule has 0 amide bonds. The van der Waals surface area contributed by atoms with Gasteiger partial charge in [-0.25, -0.2) is 0 Å². The Kier molecular flexibility index (Phi) is 3.47. The first kappa shape index (κ1) is 12.1. The van der Waals surface area contributed by atoms with Gasteiger partial charge in [-0.05, 0) is 41.9 Å². The Morgan fingerprint density at radius 2 is 2.35 bits per heavy atom. The zero-order chi connectivity index (χ0) is 12.4. The summed E-state index contributed by atoms with van der Waals surface area (Å²) in [5.41, 5.74) is 1.79. The number of hydrogen-bond donors (Lipinski definition) is 0. The number of carbonyl (C=O) groups excluding carboxylic acids is 1. The van der Waals surface area contributed by atoms with Gasteiger partial charge in [0.2, 0.25) is 5.78 Å². The summed E-state index contributed by atoms with van der Waals surface area (Å²) in [5, 5.41) is 4.35. The van der Waals surface area contributed by atoms with Crippen LogP contribution in [0.25, 0.3) is 0 Å². The number of ketones is 1. The largest absolute Gasteiger partial charge is 0.461 e. The first-order valence-corrected chi connectivity index (χ1v) is 6.21. The number of Topliss-reactive ketones (excluding diaryl/α,β-unsaturated/α-hetero) is 1. The highest BCUT2D eigenvalue weighted by atomic mass is 79.9. The van der Waals surface area contributed by atoms with Gasteiger partial charge in [0.25, 0.3) is 0 Å². The maximum absolute atomic E-state index is 11.9. The van der Waals surface area contributed by atoms with Gasteiger partial charge in [-0.2, -0.15) is 5.10 Å². The number of aryl methyl sites for hydroxylation is 2. The third-order valence-corrected chi connectivity index (χ3v) is 3.61. The summed E-state index contributed by atoms with van der Waals surface area (Å²) >= 11 is 3.47. The molecule has 0 spiro atoms. The van der Waals surface area contributed by atoms with E-state index in [0.717, 1.165) is 22.4 Å². The third kappa shape index (κ3) is 2.34. The number of carbonyl (C=O) groups is 1. The van der Waals surface area contributed by atoms with Crippen LogP contribution in [0.15, 0.2) is 27.3 Å². The second-order valence-corrected chi connectivity index (χ2v) is 4.53. The van der Waals surface area contributed by atoms with E-state index in [1.165, 1.54) is 6.26 Å². The average Bonchev–Trinajstić information content (AvgIpc) is 2.92. The Balaban J connectivity index is 2.27. The molecule has 0 N–H and O–H groups in total. The van der Waals surface area contributed by atoms with Crippen LogP contribution in [0.4, 0.5) is 0 Å². The van der Waals surface area contributed by atoms with Gasteiger partial charge in [0.05, 0.1) is 28.5 Å². The van der Waals surface area contributed by atoms with Gasteiger partial charge in [-0.1, -0.05) is 0 Å². The van der Waals surface area contributed by atoms with Crippen LogP contribution in [-0.4, -0.2) is 15.6 Å². The summed E-state index contributed by atoms with van der Waals surface area (Å²) in [5.74, 6) is 0.351. The lowest BCUT2D eigenvalue weighted by Gasteiger charge is -2.03. The van der Waals surface area contributed by atoms with Gasteiger partial charge < -0.3 is 4.42 Å². The molecule has 0 aliphatic rings. The van der Waals surface area contributed by atoms with Crippen molar-refractivity contribution < 1.29 is 9.21 Å². The number of halogens is 1. The molecule has 0 saturated heterocycles. The minimum Gasteiger partial charge on any atom is -0.461 e. The summed E-state index contributed by atoms with van der Waals surface area (Å²) in [6, 6.07) is 3.39. The van der Waals surface area contributed by atoms with Crippen LogP contribution in [0.3, 0.4) is 0 Å². The van der Waals surface area contributed by atoms with Crippen LogP contribution in [0.1, 0.15) is 28.9 Å². The highest BCUT2D eigenvalue weighted by Crippen LogP contribution is 2.22. The van der Waals surface area contributed by atoms with E-state index < -0.39 is 0 Å². The quantitative estimate of drug-likeness (QED) is 0.815. The van der Waals surface area contributed by atoms with Crippen molar-refractivity contribution >= 4 is 21.7 Å². The third-order valence-electron chi connectivity index (χ3n) is 2.58. The number of rotatable bonds is 4. The molecule has 2 heterocycles. The average molecular weight is 297 g/mol. The van der Waals surface area contributed by atoms with Gasteiger partial charge in [-0.15, -0.1) is 0 Å². The summed E-state index contributed by atoms with van der Waals surface area (Å²) in [6.07, 6.45) is 1.80. The summed E-state index contributed by atoms with van der Waals surface area (Å²) < 4.78 is 7.83. The van der Waals surface area contributed by atoms with Crippen LogP contribution >= 0.6 is 15.9 Å². The number of furan rings is 1. The van der Waals surface area contributed by atoms with E-state index in [1.54, 1.807) is 12.1 Å². The molecule has 90 valence electrons. The van der Waals surface area contributed by atoms with Crippen molar-refractivity contribution in [1.82, 2.24) is 9.78 Å². The van der Waals surface area contributed by atoms with Crippen molar-refractivity contribution in [3.05, 3.63) is 40.0 Å². The van der Waals surface area contributed by atoms with Gasteiger partial charge in [-0.3, -0.25) is 9.48 Å². The monoisotopic (exact) mass is 296 g/mol. The van der Waals surface area contributed by atoms with Crippen molar-refractivity contribution in [3.8, 4) is 0 Å². The van der Waals surface area contributed by atoms with E-state index in [9.17, 15) is 4.79 Å². The fraction of sp³-hybridized carbons (Fsp3) is 0.333. The van der Waals surface area contributed by atoms with Gasteiger partial charge in [0.15, 0.2) is 5.76 Å². The van der Waals surface area contributed by atoms with E-state index in [0.29, 0.717) is 12.2 Å². The molecular formula is C12H13BrN2O2. The molecule has 0 saturated carbocycles. The molecule has 0 atom stereocenters. The molecule has 0 bridgehead atoms. The van der Waals surface area contributed by atoms with E-state index in [-0.39, 0.29) is 5.78 Å². The second-order valence-electron chi connectivity index (χ2n) is 3.74. The van der Waals surface area contributed by atoms with Crippen LogP contribution in [0.5, 0.6) is 0 Å². The Bertz CT molecular complexity index is 529. The first-order chi connectivity index (χ1) is 8.13. The number of hydrogen-bond acceptors (Lipinski definition) is 3. The summed E-state index contributed by atoms with van der Waals surface area (Å²) in [4.78, 5) is 11.9. The molecule has 0 aliphatic carbocycles. The predicted octanol–water partition coefficient (Wildman–Crippen LogP) is 2.99. The molecule has 0 aromatic carbocycles. The number of nitrogens with zero attached hydrogens (tertiary/aromatic N) is 2. The van der Waals surface area contributed by atoms with E-state index in [1.807, 2.05) is 18.5 Å². The molecular weight excluding hydrogens is 284 g/mol. The van der Waals surface area contributed by atoms with Crippen LogP contribution in [0, 0.1) is 6.92 Å². The minimum absolute atomic E-state index is 0.0368. The highest BCUT2D eigenvalue weighted by Gasteiger charge is 2.17. The molecule has 2 aromatic rings. The molecule has 17 heavy (non-hydrogen) atoms. The van der Waals surface area contributed by atoms with E-state index >= 15 is 0 Å². The minimum atomic E-state index is -0.0368.